The lowest BCUT2D eigenvalue weighted by atomic mass is 9.34. The second-order valence-electron chi connectivity index (χ2n) is 10.9. The quantitative estimate of drug-likeness (QED) is 0.241. The summed E-state index contributed by atoms with van der Waals surface area (Å²) in [4.78, 5) is 2.35. The van der Waals surface area contributed by atoms with E-state index in [0.29, 0.717) is 0 Å². The summed E-state index contributed by atoms with van der Waals surface area (Å²) in [5.74, 6) is 5.03. The maximum Gasteiger partial charge on any atom is 0.270 e. The molecule has 0 atom stereocenters. The summed E-state index contributed by atoms with van der Waals surface area (Å²) in [7, 11) is 0. The molecule has 4 nitrogen and oxygen atoms in total. The fraction of sp³-hybridized carbons (Fsp3) is 0.0909. The van der Waals surface area contributed by atoms with Crippen molar-refractivity contribution in [3.05, 3.63) is 108 Å². The first-order valence-electron chi connectivity index (χ1n) is 13.1. The topological polar surface area (TPSA) is 30.9 Å². The Morgan fingerprint density at radius 1 is 0.526 bits per heavy atom. The molecular weight excluding hydrogens is 469 g/mol. The van der Waals surface area contributed by atoms with E-state index in [1.54, 1.807) is 0 Å². The number of anilines is 3. The van der Waals surface area contributed by atoms with Crippen molar-refractivity contribution < 1.29 is 14.2 Å². The number of fused-ring (bicyclic) bond motifs is 2. The van der Waals surface area contributed by atoms with E-state index < -0.39 is 0 Å². The number of hydrogen-bond acceptors (Lipinski definition) is 4. The summed E-state index contributed by atoms with van der Waals surface area (Å²) < 4.78 is 19.5. The number of rotatable bonds is 1. The highest BCUT2D eigenvalue weighted by atomic mass is 16.5. The van der Waals surface area contributed by atoms with Crippen LogP contribution in [0, 0.1) is 0 Å². The molecule has 0 N–H and O–H groups in total. The standard InChI is InChI=1S/C33H22BNO3/c1-33(2)20-9-3-5-11-22(20)35(23-12-6-4-10-21(23)33)19-17-28-32-29(18-19)38-27-16-8-14-25-31(27)34(32)30-24(36-25)13-7-15-26(30)37-28/h3-18H,1-2H3. The molecule has 0 saturated carbocycles. The Balaban J connectivity index is 1.32. The van der Waals surface area contributed by atoms with E-state index in [2.05, 4.69) is 79.4 Å². The number of para-hydroxylation sites is 2. The van der Waals surface area contributed by atoms with Crippen LogP contribution in [0.2, 0.25) is 0 Å². The second-order valence-corrected chi connectivity index (χ2v) is 10.9. The van der Waals surface area contributed by atoms with Crippen LogP contribution in [-0.2, 0) is 5.41 Å². The Bertz CT molecular complexity index is 1730. The van der Waals surface area contributed by atoms with Gasteiger partial charge >= 0.3 is 0 Å². The Morgan fingerprint density at radius 3 is 1.45 bits per heavy atom. The molecule has 180 valence electrons. The molecule has 0 aromatic heterocycles. The number of hydrogen-bond donors (Lipinski definition) is 0. The number of nitrogens with zero attached hydrogens (tertiary/aromatic N) is 1. The van der Waals surface area contributed by atoms with Gasteiger partial charge < -0.3 is 19.1 Å². The summed E-state index contributed by atoms with van der Waals surface area (Å²) in [6.07, 6.45) is 0. The lowest BCUT2D eigenvalue weighted by Gasteiger charge is -2.43. The molecule has 4 aliphatic rings. The third-order valence-corrected chi connectivity index (χ3v) is 8.56. The van der Waals surface area contributed by atoms with E-state index in [4.69, 9.17) is 14.2 Å². The average Bonchev–Trinajstić information content (AvgIpc) is 2.93. The minimum absolute atomic E-state index is 0.0163. The lowest BCUT2D eigenvalue weighted by molar-refractivity contribution is 0.443. The molecule has 5 heteroatoms. The van der Waals surface area contributed by atoms with Crippen LogP contribution in [0.1, 0.15) is 25.0 Å². The Kier molecular flexibility index (Phi) is 3.66. The highest BCUT2D eigenvalue weighted by Gasteiger charge is 2.47. The normalized spacial score (nSPS) is 15.8. The third-order valence-electron chi connectivity index (χ3n) is 8.56. The minimum atomic E-state index is -0.119. The van der Waals surface area contributed by atoms with Crippen LogP contribution in [0.5, 0.6) is 34.5 Å². The zero-order valence-electron chi connectivity index (χ0n) is 21.0. The second kappa shape index (κ2) is 6.81. The van der Waals surface area contributed by atoms with Crippen molar-refractivity contribution in [2.75, 3.05) is 4.90 Å². The van der Waals surface area contributed by atoms with Gasteiger partial charge in [0.2, 0.25) is 0 Å². The zero-order valence-corrected chi connectivity index (χ0v) is 21.0. The first-order valence-corrected chi connectivity index (χ1v) is 13.1. The van der Waals surface area contributed by atoms with E-state index >= 15 is 0 Å². The first kappa shape index (κ1) is 20.4. The molecular formula is C33H22BNO3. The van der Waals surface area contributed by atoms with Gasteiger partial charge in [-0.15, -0.1) is 0 Å². The van der Waals surface area contributed by atoms with Crippen molar-refractivity contribution in [1.29, 1.82) is 0 Å². The predicted octanol–water partition coefficient (Wildman–Crippen LogP) is 6.63. The minimum Gasteiger partial charge on any atom is -0.458 e. The molecule has 0 bridgehead atoms. The van der Waals surface area contributed by atoms with Gasteiger partial charge in [-0.2, -0.15) is 0 Å². The van der Waals surface area contributed by atoms with Crippen LogP contribution in [0.25, 0.3) is 0 Å². The monoisotopic (exact) mass is 491 g/mol. The molecule has 5 aromatic carbocycles. The van der Waals surface area contributed by atoms with Gasteiger partial charge in [-0.05, 0) is 47.5 Å². The zero-order chi connectivity index (χ0) is 25.2. The smallest absolute Gasteiger partial charge is 0.270 e. The number of benzene rings is 5. The van der Waals surface area contributed by atoms with Gasteiger partial charge in [0.15, 0.2) is 0 Å². The summed E-state index contributed by atoms with van der Waals surface area (Å²) >= 11 is 0. The van der Waals surface area contributed by atoms with Crippen LogP contribution in [-0.4, -0.2) is 6.71 Å². The largest absolute Gasteiger partial charge is 0.458 e. The SMILES string of the molecule is CC1(C)c2ccccc2N(c2cc3c4c(c2)Oc2cccc5c2B4c2c(cccc2O3)O5)c2ccccc21. The maximum absolute atomic E-state index is 6.61. The molecule has 0 aliphatic carbocycles. The summed E-state index contributed by atoms with van der Waals surface area (Å²) in [5, 5.41) is 0. The van der Waals surface area contributed by atoms with E-state index in [1.807, 2.05) is 36.4 Å². The predicted molar refractivity (Wildman–Crippen MR) is 151 cm³/mol. The van der Waals surface area contributed by atoms with Crippen molar-refractivity contribution in [3.8, 4) is 34.5 Å². The van der Waals surface area contributed by atoms with E-state index in [0.717, 1.165) is 56.6 Å². The molecule has 4 aliphatic heterocycles. The van der Waals surface area contributed by atoms with E-state index in [-0.39, 0.29) is 12.1 Å². The van der Waals surface area contributed by atoms with E-state index in [1.165, 1.54) is 22.5 Å². The van der Waals surface area contributed by atoms with Crippen molar-refractivity contribution in [2.45, 2.75) is 19.3 Å². The highest BCUT2D eigenvalue weighted by Crippen LogP contribution is 2.53. The molecule has 0 saturated heterocycles. The van der Waals surface area contributed by atoms with Gasteiger partial charge in [0.1, 0.15) is 34.5 Å². The molecule has 0 amide bonds. The van der Waals surface area contributed by atoms with Gasteiger partial charge in [-0.3, -0.25) is 0 Å². The van der Waals surface area contributed by atoms with Gasteiger partial charge in [0.05, 0.1) is 17.1 Å². The van der Waals surface area contributed by atoms with Crippen LogP contribution in [0.15, 0.2) is 97.1 Å². The lowest BCUT2D eigenvalue weighted by Crippen LogP contribution is -2.59. The van der Waals surface area contributed by atoms with Crippen molar-refractivity contribution in [1.82, 2.24) is 0 Å². The first-order chi connectivity index (χ1) is 18.6. The fourth-order valence-electron chi connectivity index (χ4n) is 6.88. The summed E-state index contributed by atoms with van der Waals surface area (Å²) in [6.45, 7) is 4.63. The molecule has 4 heterocycles. The Morgan fingerprint density at radius 2 is 0.947 bits per heavy atom. The van der Waals surface area contributed by atoms with Crippen molar-refractivity contribution in [2.24, 2.45) is 0 Å². The third kappa shape index (κ3) is 2.42. The average molecular weight is 491 g/mol. The number of ether oxygens (including phenoxy) is 3. The highest BCUT2D eigenvalue weighted by molar-refractivity contribution is 6.99. The molecule has 0 unspecified atom stereocenters. The van der Waals surface area contributed by atoms with Gasteiger partial charge in [0, 0.05) is 33.9 Å². The van der Waals surface area contributed by atoms with Crippen molar-refractivity contribution >= 4 is 40.2 Å². The van der Waals surface area contributed by atoms with Gasteiger partial charge in [-0.25, -0.2) is 0 Å². The molecule has 38 heavy (non-hydrogen) atoms. The maximum atomic E-state index is 6.61. The summed E-state index contributed by atoms with van der Waals surface area (Å²) in [5.41, 5.74) is 9.04. The molecule has 0 spiro atoms. The van der Waals surface area contributed by atoms with Crippen molar-refractivity contribution in [3.63, 3.8) is 0 Å². The van der Waals surface area contributed by atoms with E-state index in [9.17, 15) is 0 Å². The van der Waals surface area contributed by atoms with Crippen LogP contribution < -0.4 is 35.5 Å². The van der Waals surface area contributed by atoms with Crippen LogP contribution in [0.4, 0.5) is 17.1 Å². The molecule has 0 radical (unpaired) electrons. The molecule has 5 aromatic rings. The summed E-state index contributed by atoms with van der Waals surface area (Å²) in [6, 6.07) is 33.8. The van der Waals surface area contributed by atoms with Gasteiger partial charge in [0.25, 0.3) is 6.71 Å². The van der Waals surface area contributed by atoms with Gasteiger partial charge in [-0.1, -0.05) is 62.4 Å². The molecule has 0 fully saturated rings. The van der Waals surface area contributed by atoms with Crippen LogP contribution >= 0.6 is 0 Å². The molecule has 9 rings (SSSR count). The van der Waals surface area contributed by atoms with Crippen LogP contribution in [0.3, 0.4) is 0 Å². The fourth-order valence-corrected chi connectivity index (χ4v) is 6.88. The Labute approximate surface area is 221 Å². The Hall–Kier alpha value is -4.64.